The SMILES string of the molecule is CCOc1ccc(C(C)NC(=O)CCn2c(C(F)(F)F)nc3ccccc32)cc1. The molecule has 0 fully saturated rings. The number of carbonyl (C=O) groups excluding carboxylic acids is 1. The first-order valence-electron chi connectivity index (χ1n) is 9.34. The number of hydrogen-bond donors (Lipinski definition) is 1. The van der Waals surface area contributed by atoms with Crippen molar-refractivity contribution in [2.75, 3.05) is 6.61 Å². The fourth-order valence-electron chi connectivity index (χ4n) is 3.15. The number of nitrogens with zero attached hydrogens (tertiary/aromatic N) is 2. The molecule has 1 aromatic heterocycles. The Morgan fingerprint density at radius 2 is 1.86 bits per heavy atom. The summed E-state index contributed by atoms with van der Waals surface area (Å²) in [5.41, 5.74) is 1.49. The molecular formula is C21H22F3N3O2. The van der Waals surface area contributed by atoms with Gasteiger partial charge in [0.25, 0.3) is 0 Å². The molecule has 8 heteroatoms. The standard InChI is InChI=1S/C21H22F3N3O2/c1-3-29-16-10-8-15(9-11-16)14(2)25-19(28)12-13-27-18-7-5-4-6-17(18)26-20(27)21(22,23)24/h4-11,14H,3,12-13H2,1-2H3,(H,25,28). The number of halogens is 3. The molecule has 0 radical (unpaired) electrons. The highest BCUT2D eigenvalue weighted by atomic mass is 19.4. The van der Waals surface area contributed by atoms with E-state index in [1.165, 1.54) is 6.07 Å². The molecule has 0 bridgehead atoms. The molecule has 0 aliphatic heterocycles. The van der Waals surface area contributed by atoms with Gasteiger partial charge in [0, 0.05) is 13.0 Å². The van der Waals surface area contributed by atoms with Crippen LogP contribution < -0.4 is 10.1 Å². The van der Waals surface area contributed by atoms with Gasteiger partial charge in [0.1, 0.15) is 5.75 Å². The Balaban J connectivity index is 1.67. The number of aryl methyl sites for hydroxylation is 1. The summed E-state index contributed by atoms with van der Waals surface area (Å²) in [5.74, 6) is -0.593. The zero-order valence-corrected chi connectivity index (χ0v) is 16.2. The second-order valence-electron chi connectivity index (χ2n) is 6.61. The molecule has 1 unspecified atom stereocenters. The fourth-order valence-corrected chi connectivity index (χ4v) is 3.15. The van der Waals surface area contributed by atoms with Crippen molar-refractivity contribution in [2.45, 2.75) is 39.0 Å². The molecule has 3 aromatic rings. The van der Waals surface area contributed by atoms with Crippen LogP contribution in [0.25, 0.3) is 11.0 Å². The maximum Gasteiger partial charge on any atom is 0.449 e. The maximum absolute atomic E-state index is 13.3. The number of nitrogens with one attached hydrogen (secondary N) is 1. The summed E-state index contributed by atoms with van der Waals surface area (Å²) in [6, 6.07) is 13.4. The maximum atomic E-state index is 13.3. The summed E-state index contributed by atoms with van der Waals surface area (Å²) >= 11 is 0. The third-order valence-electron chi connectivity index (χ3n) is 4.54. The molecule has 3 rings (SSSR count). The van der Waals surface area contributed by atoms with Gasteiger partial charge in [-0.25, -0.2) is 4.98 Å². The molecule has 5 nitrogen and oxygen atoms in total. The molecule has 1 amide bonds. The molecule has 0 saturated heterocycles. The number of fused-ring (bicyclic) bond motifs is 1. The molecule has 0 aliphatic carbocycles. The Morgan fingerprint density at radius 1 is 1.17 bits per heavy atom. The molecule has 0 spiro atoms. The van der Waals surface area contributed by atoms with Crippen LogP contribution in [-0.2, 0) is 17.5 Å². The van der Waals surface area contributed by atoms with Crippen molar-refractivity contribution in [3.63, 3.8) is 0 Å². The van der Waals surface area contributed by atoms with E-state index < -0.39 is 12.0 Å². The number of rotatable bonds is 7. The van der Waals surface area contributed by atoms with Crippen LogP contribution in [0.5, 0.6) is 5.75 Å². The number of alkyl halides is 3. The summed E-state index contributed by atoms with van der Waals surface area (Å²) in [6.07, 6.45) is -4.68. The van der Waals surface area contributed by atoms with E-state index in [2.05, 4.69) is 10.3 Å². The number of imidazole rings is 1. The van der Waals surface area contributed by atoms with Crippen LogP contribution in [-0.4, -0.2) is 22.1 Å². The molecule has 154 valence electrons. The quantitative estimate of drug-likeness (QED) is 0.619. The van der Waals surface area contributed by atoms with Gasteiger partial charge in [-0.15, -0.1) is 0 Å². The van der Waals surface area contributed by atoms with Crippen LogP contribution in [0.4, 0.5) is 13.2 Å². The van der Waals surface area contributed by atoms with E-state index in [1.807, 2.05) is 38.1 Å². The lowest BCUT2D eigenvalue weighted by molar-refractivity contribution is -0.147. The van der Waals surface area contributed by atoms with Crippen LogP contribution in [0, 0.1) is 0 Å². The molecular weight excluding hydrogens is 383 g/mol. The van der Waals surface area contributed by atoms with Gasteiger partial charge < -0.3 is 14.6 Å². The minimum absolute atomic E-state index is 0.0925. The Bertz CT molecular complexity index is 981. The van der Waals surface area contributed by atoms with Gasteiger partial charge in [0.15, 0.2) is 0 Å². The first-order chi connectivity index (χ1) is 13.8. The van der Waals surface area contributed by atoms with Crippen molar-refractivity contribution in [1.82, 2.24) is 14.9 Å². The van der Waals surface area contributed by atoms with Crippen molar-refractivity contribution >= 4 is 16.9 Å². The number of benzene rings is 2. The second kappa shape index (κ2) is 8.55. The van der Waals surface area contributed by atoms with Crippen molar-refractivity contribution < 1.29 is 22.7 Å². The summed E-state index contributed by atoms with van der Waals surface area (Å²) in [7, 11) is 0. The van der Waals surface area contributed by atoms with Crippen LogP contribution in [0.3, 0.4) is 0 Å². The Morgan fingerprint density at radius 3 is 2.52 bits per heavy atom. The zero-order valence-electron chi connectivity index (χ0n) is 16.2. The van der Waals surface area contributed by atoms with Crippen molar-refractivity contribution in [2.24, 2.45) is 0 Å². The minimum Gasteiger partial charge on any atom is -0.494 e. The molecule has 1 atom stereocenters. The Kier molecular flexibility index (Phi) is 6.10. The van der Waals surface area contributed by atoms with Gasteiger partial charge in [0.05, 0.1) is 23.7 Å². The summed E-state index contributed by atoms with van der Waals surface area (Å²) in [6.45, 7) is 4.16. The van der Waals surface area contributed by atoms with Gasteiger partial charge in [-0.3, -0.25) is 4.79 Å². The van der Waals surface area contributed by atoms with E-state index >= 15 is 0 Å². The van der Waals surface area contributed by atoms with E-state index in [4.69, 9.17) is 4.74 Å². The smallest absolute Gasteiger partial charge is 0.449 e. The molecule has 2 aromatic carbocycles. The van der Waals surface area contributed by atoms with Gasteiger partial charge in [0.2, 0.25) is 11.7 Å². The van der Waals surface area contributed by atoms with E-state index in [0.717, 1.165) is 15.9 Å². The van der Waals surface area contributed by atoms with E-state index in [9.17, 15) is 18.0 Å². The average Bonchev–Trinajstić information content (AvgIpc) is 3.06. The number of para-hydroxylation sites is 2. The fraction of sp³-hybridized carbons (Fsp3) is 0.333. The largest absolute Gasteiger partial charge is 0.494 e. The van der Waals surface area contributed by atoms with Crippen molar-refractivity contribution in [1.29, 1.82) is 0 Å². The predicted molar refractivity (Wildman–Crippen MR) is 104 cm³/mol. The number of ether oxygens (including phenoxy) is 1. The highest BCUT2D eigenvalue weighted by Crippen LogP contribution is 2.31. The number of aromatic nitrogens is 2. The molecule has 1 N–H and O–H groups in total. The monoisotopic (exact) mass is 405 g/mol. The first-order valence-corrected chi connectivity index (χ1v) is 9.34. The Hall–Kier alpha value is -3.03. The number of amides is 1. The number of hydrogen-bond acceptors (Lipinski definition) is 3. The third kappa shape index (κ3) is 4.88. The topological polar surface area (TPSA) is 56.1 Å². The van der Waals surface area contributed by atoms with Crippen molar-refractivity contribution in [3.8, 4) is 5.75 Å². The highest BCUT2D eigenvalue weighted by Gasteiger charge is 2.37. The van der Waals surface area contributed by atoms with E-state index in [1.54, 1.807) is 18.2 Å². The number of carbonyl (C=O) groups is 1. The lowest BCUT2D eigenvalue weighted by Gasteiger charge is -2.16. The lowest BCUT2D eigenvalue weighted by atomic mass is 10.1. The Labute approximate surface area is 166 Å². The average molecular weight is 405 g/mol. The van der Waals surface area contributed by atoms with Gasteiger partial charge in [-0.1, -0.05) is 24.3 Å². The normalized spacial score (nSPS) is 12.7. The van der Waals surface area contributed by atoms with Crippen LogP contribution in [0.1, 0.15) is 37.7 Å². The van der Waals surface area contributed by atoms with Crippen LogP contribution in [0.2, 0.25) is 0 Å². The predicted octanol–water partition coefficient (Wildman–Crippen LogP) is 4.72. The second-order valence-corrected chi connectivity index (χ2v) is 6.61. The molecule has 29 heavy (non-hydrogen) atoms. The molecule has 1 heterocycles. The highest BCUT2D eigenvalue weighted by molar-refractivity contribution is 5.78. The summed E-state index contributed by atoms with van der Waals surface area (Å²) in [5, 5.41) is 2.82. The first kappa shape index (κ1) is 20.7. The van der Waals surface area contributed by atoms with Crippen LogP contribution >= 0.6 is 0 Å². The van der Waals surface area contributed by atoms with Crippen LogP contribution in [0.15, 0.2) is 48.5 Å². The summed E-state index contributed by atoms with van der Waals surface area (Å²) < 4.78 is 46.4. The van der Waals surface area contributed by atoms with Gasteiger partial charge >= 0.3 is 6.18 Å². The molecule has 0 aliphatic rings. The minimum atomic E-state index is -4.59. The van der Waals surface area contributed by atoms with E-state index in [-0.39, 0.29) is 30.4 Å². The zero-order chi connectivity index (χ0) is 21.0. The van der Waals surface area contributed by atoms with Gasteiger partial charge in [-0.05, 0) is 43.7 Å². The van der Waals surface area contributed by atoms with Crippen molar-refractivity contribution in [3.05, 3.63) is 59.9 Å². The third-order valence-corrected chi connectivity index (χ3v) is 4.54. The summed E-state index contributed by atoms with van der Waals surface area (Å²) in [4.78, 5) is 16.0. The molecule has 0 saturated carbocycles. The van der Waals surface area contributed by atoms with Gasteiger partial charge in [-0.2, -0.15) is 13.2 Å². The lowest BCUT2D eigenvalue weighted by Crippen LogP contribution is -2.28. The van der Waals surface area contributed by atoms with E-state index in [0.29, 0.717) is 12.1 Å².